The fourth-order valence-corrected chi connectivity index (χ4v) is 3.09. The molecule has 0 aliphatic carbocycles. The van der Waals surface area contributed by atoms with Crippen molar-refractivity contribution in [1.29, 1.82) is 0 Å². The van der Waals surface area contributed by atoms with Crippen molar-refractivity contribution in [2.75, 3.05) is 13.7 Å². The van der Waals surface area contributed by atoms with Crippen LogP contribution in [0.2, 0.25) is 0 Å². The van der Waals surface area contributed by atoms with Crippen LogP contribution in [0.1, 0.15) is 27.0 Å². The molecule has 0 spiro atoms. The number of carboxylic acids is 1. The minimum atomic E-state index is -0.984. The number of hydrogen-bond donors (Lipinski definition) is 1. The normalized spacial score (nSPS) is 11.2. The zero-order chi connectivity index (χ0) is 22.8. The Kier molecular flexibility index (Phi) is 8.19. The number of benzene rings is 3. The summed E-state index contributed by atoms with van der Waals surface area (Å²) in [6, 6.07) is 24.1. The molecule has 3 aromatic carbocycles. The van der Waals surface area contributed by atoms with E-state index in [1.807, 2.05) is 54.6 Å². The summed E-state index contributed by atoms with van der Waals surface area (Å²) in [6.07, 6.45) is -0.194. The Morgan fingerprint density at radius 2 is 1.59 bits per heavy atom. The van der Waals surface area contributed by atoms with Crippen molar-refractivity contribution in [2.24, 2.45) is 0 Å². The van der Waals surface area contributed by atoms with Gasteiger partial charge in [0.2, 0.25) is 0 Å². The van der Waals surface area contributed by atoms with E-state index in [1.165, 1.54) is 7.11 Å². The minimum Gasteiger partial charge on any atom is -0.481 e. The van der Waals surface area contributed by atoms with Crippen molar-refractivity contribution >= 4 is 11.8 Å². The molecule has 1 N–H and O–H groups in total. The summed E-state index contributed by atoms with van der Waals surface area (Å²) in [4.78, 5) is 23.4. The lowest BCUT2D eigenvalue weighted by molar-refractivity contribution is -0.148. The largest absolute Gasteiger partial charge is 0.481 e. The molecule has 0 aliphatic rings. The van der Waals surface area contributed by atoms with Crippen LogP contribution < -0.4 is 4.74 Å². The molecular weight excluding hydrogens is 404 g/mol. The number of Topliss-reactive ketones (excluding diaryl/α,β-unsaturated/α-hetero) is 1. The molecule has 0 unspecified atom stereocenters. The van der Waals surface area contributed by atoms with Gasteiger partial charge in [0.1, 0.15) is 12.4 Å². The molecule has 0 bridgehead atoms. The minimum absolute atomic E-state index is 0.0613. The average molecular weight is 428 g/mol. The number of ether oxygens (including phenoxy) is 2. The molecule has 5 nitrogen and oxygen atoms in total. The average Bonchev–Trinajstić information content (AvgIpc) is 2.82. The van der Waals surface area contributed by atoms with Crippen molar-refractivity contribution in [3.8, 4) is 17.6 Å². The Morgan fingerprint density at radius 1 is 0.906 bits per heavy atom. The van der Waals surface area contributed by atoms with Crippen LogP contribution >= 0.6 is 0 Å². The van der Waals surface area contributed by atoms with E-state index < -0.39 is 12.1 Å². The van der Waals surface area contributed by atoms with E-state index in [2.05, 4.69) is 11.8 Å². The van der Waals surface area contributed by atoms with Crippen LogP contribution in [0, 0.1) is 11.8 Å². The SMILES string of the molecule is CO[C@@H](Cc1ccc(C#CCOc2ccc(C(=O)Cc3ccccc3)cc2)cc1)C(=O)O. The molecule has 3 aromatic rings. The van der Waals surface area contributed by atoms with Gasteiger partial charge in [0, 0.05) is 31.1 Å². The Morgan fingerprint density at radius 3 is 2.22 bits per heavy atom. The lowest BCUT2D eigenvalue weighted by Gasteiger charge is -2.10. The molecule has 0 aromatic heterocycles. The molecule has 32 heavy (non-hydrogen) atoms. The number of ketones is 1. The quantitative estimate of drug-likeness (QED) is 0.409. The van der Waals surface area contributed by atoms with E-state index in [1.54, 1.807) is 24.3 Å². The van der Waals surface area contributed by atoms with Crippen molar-refractivity contribution < 1.29 is 24.2 Å². The highest BCUT2D eigenvalue weighted by atomic mass is 16.5. The van der Waals surface area contributed by atoms with E-state index >= 15 is 0 Å². The fourth-order valence-electron chi connectivity index (χ4n) is 3.09. The smallest absolute Gasteiger partial charge is 0.333 e. The molecule has 5 heteroatoms. The van der Waals surface area contributed by atoms with E-state index in [0.717, 1.165) is 16.7 Å². The van der Waals surface area contributed by atoms with E-state index in [4.69, 9.17) is 14.6 Å². The second kappa shape index (κ2) is 11.5. The molecular formula is C27H24O5. The summed E-state index contributed by atoms with van der Waals surface area (Å²) in [5, 5.41) is 9.05. The predicted molar refractivity (Wildman–Crippen MR) is 122 cm³/mol. The zero-order valence-electron chi connectivity index (χ0n) is 17.8. The van der Waals surface area contributed by atoms with Gasteiger partial charge >= 0.3 is 5.97 Å². The highest BCUT2D eigenvalue weighted by Gasteiger charge is 2.16. The second-order valence-corrected chi connectivity index (χ2v) is 7.16. The Hall–Kier alpha value is -3.88. The van der Waals surface area contributed by atoms with Crippen molar-refractivity contribution in [3.05, 3.63) is 101 Å². The first kappa shape index (κ1) is 22.8. The molecule has 0 saturated heterocycles. The van der Waals surface area contributed by atoms with E-state index in [9.17, 15) is 9.59 Å². The maximum Gasteiger partial charge on any atom is 0.333 e. The molecule has 0 fully saturated rings. The Balaban J connectivity index is 1.48. The van der Waals surface area contributed by atoms with Gasteiger partial charge in [0.25, 0.3) is 0 Å². The first-order valence-corrected chi connectivity index (χ1v) is 10.2. The number of methoxy groups -OCH3 is 1. The maximum atomic E-state index is 12.4. The standard InChI is InChI=1S/C27H24O5/c1-31-26(27(29)30)19-22-11-9-20(10-12-22)8-5-17-32-24-15-13-23(14-16-24)25(28)18-21-6-3-2-4-7-21/h2-4,6-7,9-16,26H,17-19H2,1H3,(H,29,30)/t26-/m0/s1. The first-order chi connectivity index (χ1) is 15.5. The number of carbonyl (C=O) groups excluding carboxylic acids is 1. The van der Waals surface area contributed by atoms with Crippen LogP contribution in [0.5, 0.6) is 5.75 Å². The van der Waals surface area contributed by atoms with Crippen molar-refractivity contribution in [3.63, 3.8) is 0 Å². The van der Waals surface area contributed by atoms with Crippen LogP contribution in [-0.4, -0.2) is 36.7 Å². The number of carbonyl (C=O) groups is 2. The molecule has 0 heterocycles. The molecule has 3 rings (SSSR count). The lowest BCUT2D eigenvalue weighted by atomic mass is 10.0. The summed E-state index contributed by atoms with van der Waals surface area (Å²) in [5.41, 5.74) is 3.30. The predicted octanol–water partition coefficient (Wildman–Crippen LogP) is 4.18. The fraction of sp³-hybridized carbons (Fsp3) is 0.185. The summed E-state index contributed by atoms with van der Waals surface area (Å²) < 4.78 is 10.6. The van der Waals surface area contributed by atoms with Gasteiger partial charge < -0.3 is 14.6 Å². The van der Waals surface area contributed by atoms with Gasteiger partial charge in [-0.3, -0.25) is 4.79 Å². The van der Waals surface area contributed by atoms with Gasteiger partial charge in [-0.2, -0.15) is 0 Å². The molecule has 1 atom stereocenters. The van der Waals surface area contributed by atoms with Gasteiger partial charge in [0.05, 0.1) is 0 Å². The highest BCUT2D eigenvalue weighted by Crippen LogP contribution is 2.14. The molecule has 0 radical (unpaired) electrons. The summed E-state index contributed by atoms with van der Waals surface area (Å²) in [7, 11) is 1.38. The molecule has 0 saturated carbocycles. The number of rotatable bonds is 9. The molecule has 0 amide bonds. The van der Waals surface area contributed by atoms with Crippen LogP contribution in [0.4, 0.5) is 0 Å². The van der Waals surface area contributed by atoms with Crippen molar-refractivity contribution in [1.82, 2.24) is 0 Å². The third kappa shape index (κ3) is 6.83. The molecule has 0 aliphatic heterocycles. The van der Waals surface area contributed by atoms with Crippen LogP contribution in [0.3, 0.4) is 0 Å². The summed E-state index contributed by atoms with van der Waals surface area (Å²) in [5.74, 6) is 5.69. The third-order valence-corrected chi connectivity index (χ3v) is 4.86. The van der Waals surface area contributed by atoms with Gasteiger partial charge in [-0.1, -0.05) is 54.3 Å². The number of hydrogen-bond acceptors (Lipinski definition) is 4. The third-order valence-electron chi connectivity index (χ3n) is 4.86. The second-order valence-electron chi connectivity index (χ2n) is 7.16. The topological polar surface area (TPSA) is 72.8 Å². The summed E-state index contributed by atoms with van der Waals surface area (Å²) in [6.45, 7) is 0.212. The Labute approximate surface area is 187 Å². The monoisotopic (exact) mass is 428 g/mol. The van der Waals surface area contributed by atoms with Crippen molar-refractivity contribution in [2.45, 2.75) is 18.9 Å². The van der Waals surface area contributed by atoms with Crippen LogP contribution in [-0.2, 0) is 22.4 Å². The van der Waals surface area contributed by atoms with E-state index in [0.29, 0.717) is 24.2 Å². The van der Waals surface area contributed by atoms with Crippen LogP contribution in [0.15, 0.2) is 78.9 Å². The lowest BCUT2D eigenvalue weighted by Crippen LogP contribution is -2.24. The Bertz CT molecular complexity index is 1090. The van der Waals surface area contributed by atoms with Crippen LogP contribution in [0.25, 0.3) is 0 Å². The van der Waals surface area contributed by atoms with E-state index in [-0.39, 0.29) is 12.4 Å². The number of aliphatic carboxylic acids is 1. The summed E-state index contributed by atoms with van der Waals surface area (Å²) >= 11 is 0. The highest BCUT2D eigenvalue weighted by molar-refractivity contribution is 5.97. The number of carboxylic acid groups (broad SMARTS) is 1. The first-order valence-electron chi connectivity index (χ1n) is 10.2. The molecule has 162 valence electrons. The van der Waals surface area contributed by atoms with Gasteiger partial charge in [-0.25, -0.2) is 4.79 Å². The van der Waals surface area contributed by atoms with Gasteiger partial charge in [-0.15, -0.1) is 0 Å². The van der Waals surface area contributed by atoms with Gasteiger partial charge in [-0.05, 0) is 47.5 Å². The van der Waals surface area contributed by atoms with Gasteiger partial charge in [0.15, 0.2) is 11.9 Å². The maximum absolute atomic E-state index is 12.4. The zero-order valence-corrected chi connectivity index (χ0v) is 17.8.